The Morgan fingerprint density at radius 3 is 1.38 bits per heavy atom. The molecule has 10 bridgehead atoms. The molecule has 1 heterocycles. The number of aliphatic hydroxyl groups excluding tert-OH is 1. The van der Waals surface area contributed by atoms with Crippen LogP contribution < -0.4 is 0 Å². The van der Waals surface area contributed by atoms with Gasteiger partial charge in [0.05, 0.1) is 54.7 Å². The molecule has 1 aromatic heterocycles. The van der Waals surface area contributed by atoms with Crippen LogP contribution in [0, 0.1) is 84.0 Å². The number of carbonyl (C=O) groups excluding carboxylic acids is 5. The number of aliphatic hydroxyl groups is 1. The van der Waals surface area contributed by atoms with Gasteiger partial charge in [0, 0.05) is 45.3 Å². The molecule has 0 radical (unpaired) electrons. The first-order chi connectivity index (χ1) is 35.4. The van der Waals surface area contributed by atoms with Crippen molar-refractivity contribution in [2.75, 3.05) is 41.2 Å². The Kier molecular flexibility index (Phi) is 14.8. The molecule has 76 heavy (non-hydrogen) atoms. The van der Waals surface area contributed by atoms with Crippen molar-refractivity contribution in [3.05, 3.63) is 47.2 Å². The molecule has 15 heteroatoms. The number of aliphatic carboxylic acids is 1. The second-order valence-corrected chi connectivity index (χ2v) is 27.2. The van der Waals surface area contributed by atoms with E-state index in [1.54, 1.807) is 14.2 Å². The molecule has 13 nitrogen and oxygen atoms in total. The molecule has 0 saturated heterocycles. The summed E-state index contributed by atoms with van der Waals surface area (Å²) in [7, 11) is 4.77. The van der Waals surface area contributed by atoms with E-state index in [1.807, 2.05) is 33.8 Å². The largest absolute Gasteiger partial charge is 0.480 e. The van der Waals surface area contributed by atoms with E-state index in [1.165, 1.54) is 31.7 Å². The summed E-state index contributed by atoms with van der Waals surface area (Å²) in [5.41, 5.74) is -0.760. The van der Waals surface area contributed by atoms with Crippen molar-refractivity contribution in [3.63, 3.8) is 0 Å². The van der Waals surface area contributed by atoms with Crippen molar-refractivity contribution in [1.82, 2.24) is 10.2 Å². The van der Waals surface area contributed by atoms with Crippen molar-refractivity contribution in [2.45, 2.75) is 170 Å². The van der Waals surface area contributed by atoms with Crippen LogP contribution in [0.2, 0.25) is 0 Å². The van der Waals surface area contributed by atoms with Crippen LogP contribution in [0.25, 0.3) is 11.3 Å². The normalized spacial score (nSPS) is 36.6. The van der Waals surface area contributed by atoms with Gasteiger partial charge in [-0.1, -0.05) is 75.3 Å². The lowest BCUT2D eigenvalue weighted by molar-refractivity contribution is -0.162. The Bertz CT molecular complexity index is 2680. The Morgan fingerprint density at radius 1 is 0.579 bits per heavy atom. The van der Waals surface area contributed by atoms with Gasteiger partial charge in [-0.2, -0.15) is 10.2 Å². The molecule has 12 rings (SSSR count). The number of benzene rings is 1. The monoisotopic (exact) mass is 1060 g/mol. The zero-order valence-electron chi connectivity index (χ0n) is 47.4. The van der Waals surface area contributed by atoms with Gasteiger partial charge in [-0.05, 0) is 145 Å². The smallest absolute Gasteiger partial charge is 0.319 e. The molecule has 10 aliphatic rings. The van der Waals surface area contributed by atoms with E-state index in [0.29, 0.717) is 80.6 Å². The molecule has 1 aromatic carbocycles. The number of fused-ring (bicyclic) bond motifs is 13. The Morgan fingerprint density at radius 2 is 1.01 bits per heavy atom. The average Bonchev–Trinajstić information content (AvgIpc) is 4.21. The van der Waals surface area contributed by atoms with Gasteiger partial charge in [-0.3, -0.25) is 28.8 Å². The van der Waals surface area contributed by atoms with E-state index >= 15 is 0 Å². The number of carboxylic acid groups (broad SMARTS) is 1. The summed E-state index contributed by atoms with van der Waals surface area (Å²) in [6.07, 6.45) is 11.9. The summed E-state index contributed by atoms with van der Waals surface area (Å²) in [6, 6.07) is 5.67. The fourth-order valence-electron chi connectivity index (χ4n) is 17.9. The molecular formula is C61H84F2N2O11. The highest BCUT2D eigenvalue weighted by molar-refractivity contribution is 6.08. The van der Waals surface area contributed by atoms with Gasteiger partial charge in [0.15, 0.2) is 11.6 Å². The average molecular weight is 1060 g/mol. The minimum Gasteiger partial charge on any atom is -0.480 e. The molecule has 0 unspecified atom stereocenters. The molecular weight excluding hydrogens is 975 g/mol. The van der Waals surface area contributed by atoms with Crippen LogP contribution >= 0.6 is 0 Å². The summed E-state index contributed by atoms with van der Waals surface area (Å²) in [5.74, 6) is 0.407. The van der Waals surface area contributed by atoms with Gasteiger partial charge in [0.1, 0.15) is 34.0 Å². The number of hydrogen-bond acceptors (Lipinski definition) is 12. The molecule has 418 valence electrons. The SMILES string of the molecule is CC1(C)[C@H]2CC[C@]1(C(=O)O)C(=O)C2.CC1(C)[C@H]2CC[C@]1(CO)C(=O)C2.COC(=O)[C@@]12CC[C@@H](CC1=O)C2(C)C.COC[C@@]12CC[C@@H](CC1=O)C2(C)C.COC[C@@]12CC[C@@H](c3cc(-c4c(F)cccc4F)nnc31)C2(C)C. The maximum atomic E-state index is 14.1. The Labute approximate surface area is 448 Å². The van der Waals surface area contributed by atoms with Crippen LogP contribution in [0.15, 0.2) is 24.3 Å². The number of hydrogen-bond donors (Lipinski definition) is 2. The summed E-state index contributed by atoms with van der Waals surface area (Å²) in [4.78, 5) is 70.0. The van der Waals surface area contributed by atoms with Crippen molar-refractivity contribution in [1.29, 1.82) is 0 Å². The van der Waals surface area contributed by atoms with E-state index in [2.05, 4.69) is 51.7 Å². The van der Waals surface area contributed by atoms with Crippen LogP contribution in [-0.4, -0.2) is 96.6 Å². The number of rotatable bonds is 8. The van der Waals surface area contributed by atoms with E-state index in [0.717, 1.165) is 62.6 Å². The predicted molar refractivity (Wildman–Crippen MR) is 280 cm³/mol. The molecule has 0 amide bonds. The third-order valence-corrected chi connectivity index (χ3v) is 23.9. The van der Waals surface area contributed by atoms with E-state index in [-0.39, 0.29) is 84.6 Å². The number of ether oxygens (including phenoxy) is 3. The first kappa shape index (κ1) is 57.8. The highest BCUT2D eigenvalue weighted by Gasteiger charge is 2.71. The van der Waals surface area contributed by atoms with Gasteiger partial charge in [-0.25, -0.2) is 8.78 Å². The van der Waals surface area contributed by atoms with E-state index in [9.17, 15) is 47.8 Å². The van der Waals surface area contributed by atoms with Crippen LogP contribution in [0.3, 0.4) is 0 Å². The number of aromatic nitrogens is 2. The number of halogens is 2. The lowest BCUT2D eigenvalue weighted by Crippen LogP contribution is -2.44. The van der Waals surface area contributed by atoms with Crippen molar-refractivity contribution in [2.24, 2.45) is 72.4 Å². The number of methoxy groups -OCH3 is 3. The lowest BCUT2D eigenvalue weighted by atomic mass is 9.69. The fraction of sp³-hybridized carbons (Fsp3) is 0.738. The van der Waals surface area contributed by atoms with Gasteiger partial charge < -0.3 is 24.4 Å². The first-order valence-electron chi connectivity index (χ1n) is 27.8. The topological polar surface area (TPSA) is 196 Å². The summed E-state index contributed by atoms with van der Waals surface area (Å²) in [5, 5.41) is 27.1. The highest BCUT2D eigenvalue weighted by atomic mass is 19.1. The number of nitrogens with zero attached hydrogens (tertiary/aromatic N) is 2. The Balaban J connectivity index is 0.000000130. The number of ketones is 4. The van der Waals surface area contributed by atoms with Crippen LogP contribution in [-0.2, 0) is 48.4 Å². The van der Waals surface area contributed by atoms with Crippen molar-refractivity contribution >= 4 is 35.1 Å². The zero-order chi connectivity index (χ0) is 56.2. The molecule has 0 aliphatic heterocycles. The van der Waals surface area contributed by atoms with Gasteiger partial charge in [-0.15, -0.1) is 0 Å². The van der Waals surface area contributed by atoms with Gasteiger partial charge in [0.25, 0.3) is 0 Å². The summed E-state index contributed by atoms with van der Waals surface area (Å²) in [6.45, 7) is 22.3. The number of carboxylic acids is 1. The fourth-order valence-corrected chi connectivity index (χ4v) is 17.9. The standard InChI is InChI=1S/C19H20F2N2O.C11H16O3.C11H18O2.C10H14O3.C10H16O2/c1-18(2)12-7-8-19(18,10-24-3)17-11(12)9-15(22-23-17)16-13(20)5-4-6-14(16)21;1-10(2)7-4-5-11(10,8(12)6-7)9(13)14-3;1-10(2)8-4-5-11(10,7-13-3)9(12)6-8;1-9(2)6-3-4-10(9,8(12)13)7(11)5-6;1-9(2)7-3-4-10(9,6-11)8(12)5-7/h4-6,9,12H,7-8,10H2,1-3H3;7H,4-6H2,1-3H3;8H,4-7H2,1-3H3;6H,3-5H2,1-2H3,(H,12,13);7,11H,3-6H2,1-2H3/t12-,19-;7-,11+;8-,11-;6-,10+;7-,10-/m00000/s1. The quantitative estimate of drug-likeness (QED) is 0.187. The second-order valence-electron chi connectivity index (χ2n) is 27.2. The molecule has 10 aliphatic carbocycles. The Hall–Kier alpha value is -4.34. The van der Waals surface area contributed by atoms with Crippen LogP contribution in [0.5, 0.6) is 0 Å². The predicted octanol–water partition coefficient (Wildman–Crippen LogP) is 10.6. The number of carbonyl (C=O) groups is 6. The van der Waals surface area contributed by atoms with Gasteiger partial charge >= 0.3 is 11.9 Å². The van der Waals surface area contributed by atoms with Crippen molar-refractivity contribution in [3.8, 4) is 11.3 Å². The second kappa shape index (κ2) is 19.5. The number of Topliss-reactive ketones (excluding diaryl/α,β-unsaturated/α-hetero) is 4. The highest BCUT2D eigenvalue weighted by Crippen LogP contribution is 2.69. The summed E-state index contributed by atoms with van der Waals surface area (Å²) >= 11 is 0. The molecule has 2 aromatic rings. The molecule has 9 saturated carbocycles. The van der Waals surface area contributed by atoms with E-state index in [4.69, 9.17) is 14.2 Å². The third-order valence-electron chi connectivity index (χ3n) is 23.9. The maximum absolute atomic E-state index is 14.1. The first-order valence-corrected chi connectivity index (χ1v) is 27.8. The molecule has 9 fully saturated rings. The molecule has 0 spiro atoms. The van der Waals surface area contributed by atoms with E-state index < -0.39 is 28.4 Å². The number of esters is 1. The van der Waals surface area contributed by atoms with Crippen LogP contribution in [0.1, 0.15) is 176 Å². The summed E-state index contributed by atoms with van der Waals surface area (Å²) < 4.78 is 43.7. The minimum atomic E-state index is -1.06. The zero-order valence-corrected chi connectivity index (χ0v) is 47.4. The maximum Gasteiger partial charge on any atom is 0.319 e. The molecule has 2 N–H and O–H groups in total. The van der Waals surface area contributed by atoms with Crippen LogP contribution in [0.4, 0.5) is 8.78 Å². The minimum absolute atomic E-state index is 0.00752. The van der Waals surface area contributed by atoms with Crippen molar-refractivity contribution < 1.29 is 62.0 Å². The molecule has 10 atom stereocenters. The lowest BCUT2D eigenvalue weighted by Gasteiger charge is -2.37. The third kappa shape index (κ3) is 7.69. The van der Waals surface area contributed by atoms with Gasteiger partial charge in [0.2, 0.25) is 0 Å².